The summed E-state index contributed by atoms with van der Waals surface area (Å²) in [5, 5.41) is 2.69. The molecule has 1 saturated heterocycles. The third kappa shape index (κ3) is 9.52. The van der Waals surface area contributed by atoms with Crippen molar-refractivity contribution in [2.45, 2.75) is 76.9 Å². The molecule has 1 fully saturated rings. The Balaban J connectivity index is 1.67. The molecule has 1 heterocycles. The van der Waals surface area contributed by atoms with Gasteiger partial charge < -0.3 is 19.5 Å². The highest BCUT2D eigenvalue weighted by atomic mass is 32.2. The minimum absolute atomic E-state index is 0.0256. The summed E-state index contributed by atoms with van der Waals surface area (Å²) in [7, 11) is -3.86. The SMILES string of the molecule is CC(C)(C)OC(=O)N1[C@H](CCOS(=O)(=O)Cc2ccccc2)[C@@H](CNC(=O)OCc2ccccc2)OC1(C)C. The fourth-order valence-electron chi connectivity index (χ4n) is 4.30. The smallest absolute Gasteiger partial charge is 0.412 e. The van der Waals surface area contributed by atoms with Gasteiger partial charge in [-0.2, -0.15) is 8.42 Å². The molecule has 1 N–H and O–H groups in total. The Kier molecular flexibility index (Phi) is 9.98. The molecule has 1 aliphatic rings. The molecule has 214 valence electrons. The molecule has 0 aromatic heterocycles. The second-order valence-electron chi connectivity index (χ2n) is 10.8. The molecule has 0 saturated carbocycles. The van der Waals surface area contributed by atoms with E-state index in [-0.39, 0.29) is 31.9 Å². The zero-order valence-electron chi connectivity index (χ0n) is 23.1. The molecule has 2 aromatic rings. The first kappa shape index (κ1) is 30.4. The predicted molar refractivity (Wildman–Crippen MR) is 145 cm³/mol. The molecule has 39 heavy (non-hydrogen) atoms. The number of hydrogen-bond acceptors (Lipinski definition) is 8. The quantitative estimate of drug-likeness (QED) is 0.418. The van der Waals surface area contributed by atoms with E-state index in [1.807, 2.05) is 30.3 Å². The van der Waals surface area contributed by atoms with E-state index in [0.717, 1.165) is 5.56 Å². The van der Waals surface area contributed by atoms with Gasteiger partial charge in [-0.05, 0) is 52.2 Å². The fraction of sp³-hybridized carbons (Fsp3) is 0.500. The van der Waals surface area contributed by atoms with Gasteiger partial charge in [0.05, 0.1) is 18.8 Å². The van der Waals surface area contributed by atoms with Gasteiger partial charge in [-0.3, -0.25) is 9.08 Å². The standard InChI is InChI=1S/C28H38N2O8S/c1-27(2,3)38-26(32)30-23(16-17-36-39(33,34)20-22-14-10-7-11-15-22)24(37-28(30,4)5)18-29-25(31)35-19-21-12-8-6-9-13-21/h6-15,23-24H,16-20H2,1-5H3,(H,29,31)/t23-,24-/m1/s1. The number of hydrogen-bond donors (Lipinski definition) is 1. The van der Waals surface area contributed by atoms with Crippen LogP contribution in [0.15, 0.2) is 60.7 Å². The van der Waals surface area contributed by atoms with Gasteiger partial charge in [-0.1, -0.05) is 60.7 Å². The van der Waals surface area contributed by atoms with Crippen molar-refractivity contribution >= 4 is 22.3 Å². The third-order valence-electron chi connectivity index (χ3n) is 5.89. The normalized spacial score (nSPS) is 18.9. The number of rotatable bonds is 10. The zero-order chi connectivity index (χ0) is 28.7. The number of nitrogens with one attached hydrogen (secondary N) is 1. The van der Waals surface area contributed by atoms with Crippen LogP contribution >= 0.6 is 0 Å². The summed E-state index contributed by atoms with van der Waals surface area (Å²) < 4.78 is 47.4. The van der Waals surface area contributed by atoms with Gasteiger partial charge in [-0.25, -0.2) is 9.59 Å². The van der Waals surface area contributed by atoms with Crippen molar-refractivity contribution in [1.82, 2.24) is 10.2 Å². The number of carbonyl (C=O) groups excluding carboxylic acids is 2. The summed E-state index contributed by atoms with van der Waals surface area (Å²) in [6.45, 7) is 8.63. The maximum Gasteiger partial charge on any atom is 0.412 e. The molecule has 0 spiro atoms. The number of amides is 2. The summed E-state index contributed by atoms with van der Waals surface area (Å²) in [6, 6.07) is 17.3. The third-order valence-corrected chi connectivity index (χ3v) is 7.11. The molecule has 2 aromatic carbocycles. The Morgan fingerprint density at radius 2 is 1.59 bits per heavy atom. The lowest BCUT2D eigenvalue weighted by Gasteiger charge is -2.35. The van der Waals surface area contributed by atoms with Gasteiger partial charge in [0.2, 0.25) is 0 Å². The van der Waals surface area contributed by atoms with Crippen LogP contribution in [0.4, 0.5) is 9.59 Å². The number of alkyl carbamates (subject to hydrolysis) is 1. The lowest BCUT2D eigenvalue weighted by molar-refractivity contribution is -0.0782. The molecular weight excluding hydrogens is 524 g/mol. The minimum atomic E-state index is -3.86. The summed E-state index contributed by atoms with van der Waals surface area (Å²) >= 11 is 0. The number of benzene rings is 2. The summed E-state index contributed by atoms with van der Waals surface area (Å²) in [6.07, 6.45) is -1.80. The van der Waals surface area contributed by atoms with Crippen LogP contribution in [0.3, 0.4) is 0 Å². The first-order valence-electron chi connectivity index (χ1n) is 12.8. The Morgan fingerprint density at radius 3 is 2.18 bits per heavy atom. The molecule has 2 amide bonds. The van der Waals surface area contributed by atoms with Gasteiger partial charge in [0.1, 0.15) is 23.7 Å². The second-order valence-corrected chi connectivity index (χ2v) is 12.4. The van der Waals surface area contributed by atoms with Crippen molar-refractivity contribution in [2.75, 3.05) is 13.2 Å². The van der Waals surface area contributed by atoms with Crippen LogP contribution < -0.4 is 5.32 Å². The van der Waals surface area contributed by atoms with E-state index in [0.29, 0.717) is 5.56 Å². The van der Waals surface area contributed by atoms with Crippen LogP contribution in [0.5, 0.6) is 0 Å². The molecule has 0 bridgehead atoms. The molecule has 3 rings (SSSR count). The number of nitrogens with zero attached hydrogens (tertiary/aromatic N) is 1. The van der Waals surface area contributed by atoms with E-state index in [9.17, 15) is 18.0 Å². The number of carbonyl (C=O) groups is 2. The van der Waals surface area contributed by atoms with Crippen molar-refractivity contribution in [3.8, 4) is 0 Å². The van der Waals surface area contributed by atoms with Gasteiger partial charge in [0.15, 0.2) is 0 Å². The average molecular weight is 563 g/mol. The van der Waals surface area contributed by atoms with Crippen molar-refractivity contribution in [1.29, 1.82) is 0 Å². The van der Waals surface area contributed by atoms with Crippen molar-refractivity contribution in [2.24, 2.45) is 0 Å². The molecule has 1 aliphatic heterocycles. The highest BCUT2D eigenvalue weighted by Crippen LogP contribution is 2.35. The van der Waals surface area contributed by atoms with Crippen LogP contribution in [-0.2, 0) is 40.9 Å². The molecule has 10 nitrogen and oxygen atoms in total. The van der Waals surface area contributed by atoms with Gasteiger partial charge in [0, 0.05) is 6.54 Å². The Labute approximate surface area is 230 Å². The predicted octanol–water partition coefficient (Wildman–Crippen LogP) is 4.59. The van der Waals surface area contributed by atoms with Crippen LogP contribution in [0.2, 0.25) is 0 Å². The topological polar surface area (TPSA) is 120 Å². The minimum Gasteiger partial charge on any atom is -0.445 e. The van der Waals surface area contributed by atoms with Gasteiger partial charge in [0.25, 0.3) is 10.1 Å². The largest absolute Gasteiger partial charge is 0.445 e. The molecule has 11 heteroatoms. The van der Waals surface area contributed by atoms with E-state index < -0.39 is 45.8 Å². The number of ether oxygens (including phenoxy) is 3. The Morgan fingerprint density at radius 1 is 1.00 bits per heavy atom. The maximum absolute atomic E-state index is 13.2. The monoisotopic (exact) mass is 562 g/mol. The Bertz CT molecular complexity index is 1200. The molecule has 2 atom stereocenters. The van der Waals surface area contributed by atoms with Gasteiger partial charge in [-0.15, -0.1) is 0 Å². The van der Waals surface area contributed by atoms with E-state index in [1.165, 1.54) is 4.90 Å². The maximum atomic E-state index is 13.2. The van der Waals surface area contributed by atoms with E-state index in [1.54, 1.807) is 65.0 Å². The summed E-state index contributed by atoms with van der Waals surface area (Å²) in [5.41, 5.74) is -0.399. The highest BCUT2D eigenvalue weighted by Gasteiger charge is 2.51. The fourth-order valence-corrected chi connectivity index (χ4v) is 5.34. The summed E-state index contributed by atoms with van der Waals surface area (Å²) in [4.78, 5) is 27.0. The lowest BCUT2D eigenvalue weighted by atomic mass is 10.1. The van der Waals surface area contributed by atoms with Crippen LogP contribution in [0, 0.1) is 0 Å². The molecule has 0 radical (unpaired) electrons. The van der Waals surface area contributed by atoms with Crippen LogP contribution in [-0.4, -0.2) is 62.1 Å². The molecular formula is C28H38N2O8S. The van der Waals surface area contributed by atoms with Crippen LogP contribution in [0.25, 0.3) is 0 Å². The first-order chi connectivity index (χ1) is 18.3. The van der Waals surface area contributed by atoms with Crippen molar-refractivity contribution < 1.29 is 36.4 Å². The van der Waals surface area contributed by atoms with E-state index in [2.05, 4.69) is 5.32 Å². The van der Waals surface area contributed by atoms with Crippen LogP contribution in [0.1, 0.15) is 52.2 Å². The van der Waals surface area contributed by atoms with Crippen molar-refractivity contribution in [3.05, 3.63) is 71.8 Å². The molecule has 0 aliphatic carbocycles. The first-order valence-corrected chi connectivity index (χ1v) is 14.4. The van der Waals surface area contributed by atoms with E-state index >= 15 is 0 Å². The Hall–Kier alpha value is -3.15. The second kappa shape index (κ2) is 12.8. The average Bonchev–Trinajstić information content (AvgIpc) is 3.10. The van der Waals surface area contributed by atoms with Gasteiger partial charge >= 0.3 is 12.2 Å². The summed E-state index contributed by atoms with van der Waals surface area (Å²) in [5.74, 6) is -0.269. The highest BCUT2D eigenvalue weighted by molar-refractivity contribution is 7.85. The van der Waals surface area contributed by atoms with E-state index in [4.69, 9.17) is 18.4 Å². The van der Waals surface area contributed by atoms with Crippen molar-refractivity contribution in [3.63, 3.8) is 0 Å². The molecule has 0 unspecified atom stereocenters. The zero-order valence-corrected chi connectivity index (χ0v) is 23.9. The lowest BCUT2D eigenvalue weighted by Crippen LogP contribution is -2.51.